The summed E-state index contributed by atoms with van der Waals surface area (Å²) in [5.74, 6) is 5.19. The number of hydrogen-bond acceptors (Lipinski definition) is 6. The number of aryl methyl sites for hydroxylation is 1. The number of primary amides is 1. The average Bonchev–Trinajstić information content (AvgIpc) is 3.44. The second-order valence-electron chi connectivity index (χ2n) is 12.6. The second kappa shape index (κ2) is 14.8. The zero-order valence-corrected chi connectivity index (χ0v) is 29.9. The van der Waals surface area contributed by atoms with Crippen LogP contribution in [0.5, 0.6) is 0 Å². The number of nitrogens with zero attached hydrogens (tertiary/aromatic N) is 4. The van der Waals surface area contributed by atoms with Gasteiger partial charge in [-0.1, -0.05) is 50.6 Å². The van der Waals surface area contributed by atoms with E-state index in [1.165, 1.54) is 6.33 Å². The van der Waals surface area contributed by atoms with Crippen LogP contribution in [-0.4, -0.2) is 55.9 Å². The molecule has 1 unspecified atom stereocenters. The van der Waals surface area contributed by atoms with Crippen LogP contribution >= 0.6 is 27.5 Å². The van der Waals surface area contributed by atoms with Crippen molar-refractivity contribution in [2.45, 2.75) is 67.3 Å². The van der Waals surface area contributed by atoms with Crippen LogP contribution in [0.1, 0.15) is 76.7 Å². The quantitative estimate of drug-likeness (QED) is 0.138. The molecule has 1 aromatic carbocycles. The number of fused-ring (bicyclic) bond motifs is 1. The van der Waals surface area contributed by atoms with Crippen molar-refractivity contribution in [2.75, 3.05) is 13.1 Å². The highest BCUT2D eigenvalue weighted by molar-refractivity contribution is 9.10. The zero-order chi connectivity index (χ0) is 34.6. The summed E-state index contributed by atoms with van der Waals surface area (Å²) in [6.45, 7) is 12.0. The molecule has 0 saturated carbocycles. The summed E-state index contributed by atoms with van der Waals surface area (Å²) in [5.41, 5.74) is 7.89. The molecule has 246 valence electrons. The monoisotopic (exact) mass is 719 g/mol. The van der Waals surface area contributed by atoms with Gasteiger partial charge in [-0.25, -0.2) is 9.97 Å². The van der Waals surface area contributed by atoms with Crippen molar-refractivity contribution in [3.05, 3.63) is 79.8 Å². The number of allylic oxidation sites excluding steroid dienone is 4. The molecular formula is C36H39BrClN5O4. The number of rotatable bonds is 11. The van der Waals surface area contributed by atoms with Gasteiger partial charge in [0.05, 0.1) is 17.5 Å². The fraction of sp³-hybridized carbons (Fsp3) is 0.389. The lowest BCUT2D eigenvalue weighted by Crippen LogP contribution is -2.40. The number of carbonyl (C=O) groups is 4. The van der Waals surface area contributed by atoms with Crippen LogP contribution in [0.4, 0.5) is 0 Å². The van der Waals surface area contributed by atoms with Crippen molar-refractivity contribution in [1.82, 2.24) is 19.4 Å². The topological polar surface area (TPSA) is 128 Å². The molecule has 0 saturated heterocycles. The van der Waals surface area contributed by atoms with Crippen LogP contribution in [0.2, 0.25) is 5.15 Å². The lowest BCUT2D eigenvalue weighted by Gasteiger charge is -2.34. The standard InChI is InChI=1S/C36H39BrClN5O4/c1-7-24(12-15-42-16-13-26-33(38)40-20-41-35(26)42)19-43(14-8-9-25-10-11-28(37)27(17-25)34(39)47)29(44)18-36(5,6)30-23(4)31(45)21(2)22(3)32(30)46/h10-11,13,16-17,20,24H,7,12,14-15,18-19H2,1-6H3,(H2,39,47). The Morgan fingerprint density at radius 1 is 1.09 bits per heavy atom. The maximum atomic E-state index is 14.1. The number of ketones is 2. The number of hydrogen-bond donors (Lipinski definition) is 1. The average molecular weight is 721 g/mol. The minimum absolute atomic E-state index is 0.0187. The summed E-state index contributed by atoms with van der Waals surface area (Å²) in [4.78, 5) is 62.4. The van der Waals surface area contributed by atoms with E-state index in [1.54, 1.807) is 43.9 Å². The Kier molecular flexibility index (Phi) is 11.3. The minimum atomic E-state index is -0.894. The summed E-state index contributed by atoms with van der Waals surface area (Å²) in [6.07, 6.45) is 4.97. The highest BCUT2D eigenvalue weighted by Gasteiger charge is 2.39. The lowest BCUT2D eigenvalue weighted by atomic mass is 9.71. The molecule has 0 bridgehead atoms. The Labute approximate surface area is 288 Å². The summed E-state index contributed by atoms with van der Waals surface area (Å²) < 4.78 is 2.61. The molecule has 1 aliphatic carbocycles. The molecule has 11 heteroatoms. The van der Waals surface area contributed by atoms with Gasteiger partial charge in [0, 0.05) is 63.5 Å². The molecule has 1 aliphatic rings. The Bertz CT molecular complexity index is 1900. The third kappa shape index (κ3) is 7.91. The van der Waals surface area contributed by atoms with Crippen molar-refractivity contribution in [1.29, 1.82) is 0 Å². The fourth-order valence-electron chi connectivity index (χ4n) is 5.98. The van der Waals surface area contributed by atoms with Gasteiger partial charge in [0.15, 0.2) is 11.6 Å². The maximum absolute atomic E-state index is 14.1. The fourth-order valence-corrected chi connectivity index (χ4v) is 6.61. The molecule has 0 spiro atoms. The maximum Gasteiger partial charge on any atom is 0.249 e. The first kappa shape index (κ1) is 35.8. The number of Topliss-reactive ketones (excluding diaryl/α,β-unsaturated/α-hetero) is 2. The van der Waals surface area contributed by atoms with E-state index < -0.39 is 11.3 Å². The van der Waals surface area contributed by atoms with E-state index in [9.17, 15) is 19.2 Å². The van der Waals surface area contributed by atoms with Crippen molar-refractivity contribution < 1.29 is 19.2 Å². The van der Waals surface area contributed by atoms with Crippen LogP contribution in [0.25, 0.3) is 11.0 Å². The lowest BCUT2D eigenvalue weighted by molar-refractivity contribution is -0.133. The van der Waals surface area contributed by atoms with Crippen molar-refractivity contribution in [3.63, 3.8) is 0 Å². The van der Waals surface area contributed by atoms with Gasteiger partial charge in [-0.05, 0) is 73.3 Å². The van der Waals surface area contributed by atoms with Crippen molar-refractivity contribution >= 4 is 61.9 Å². The van der Waals surface area contributed by atoms with Crippen molar-refractivity contribution in [2.24, 2.45) is 17.1 Å². The van der Waals surface area contributed by atoms with Crippen LogP contribution < -0.4 is 5.73 Å². The number of aromatic nitrogens is 3. The van der Waals surface area contributed by atoms with E-state index in [-0.39, 0.29) is 36.4 Å². The number of nitrogens with two attached hydrogens (primary N) is 1. The molecule has 0 aliphatic heterocycles. The van der Waals surface area contributed by atoms with E-state index in [0.717, 1.165) is 23.9 Å². The molecule has 2 amide bonds. The first-order chi connectivity index (χ1) is 22.2. The van der Waals surface area contributed by atoms with Gasteiger partial charge in [0.1, 0.15) is 17.1 Å². The number of halogens is 2. The molecule has 0 fully saturated rings. The van der Waals surface area contributed by atoms with Gasteiger partial charge in [0.2, 0.25) is 11.8 Å². The van der Waals surface area contributed by atoms with E-state index >= 15 is 0 Å². The van der Waals surface area contributed by atoms with Crippen LogP contribution in [0, 0.1) is 23.2 Å². The summed E-state index contributed by atoms with van der Waals surface area (Å²) in [6, 6.07) is 6.98. The molecule has 3 aromatic rings. The van der Waals surface area contributed by atoms with Crippen LogP contribution in [-0.2, 0) is 20.9 Å². The van der Waals surface area contributed by atoms with Crippen LogP contribution in [0.15, 0.2) is 63.6 Å². The van der Waals surface area contributed by atoms with Gasteiger partial charge in [-0.15, -0.1) is 0 Å². The third-order valence-corrected chi connectivity index (χ3v) is 9.88. The smallest absolute Gasteiger partial charge is 0.249 e. The number of carbonyl (C=O) groups excluding carboxylic acids is 4. The van der Waals surface area contributed by atoms with Crippen LogP contribution in [0.3, 0.4) is 0 Å². The molecular weight excluding hydrogens is 682 g/mol. The molecule has 2 N–H and O–H groups in total. The molecule has 1 atom stereocenters. The summed E-state index contributed by atoms with van der Waals surface area (Å²) >= 11 is 9.58. The molecule has 4 rings (SSSR count). The minimum Gasteiger partial charge on any atom is -0.366 e. The molecule has 2 heterocycles. The van der Waals surface area contributed by atoms with Gasteiger partial charge in [-0.3, -0.25) is 19.2 Å². The number of amides is 2. The first-order valence-corrected chi connectivity index (χ1v) is 16.6. The van der Waals surface area contributed by atoms with E-state index in [4.69, 9.17) is 17.3 Å². The largest absolute Gasteiger partial charge is 0.366 e. The number of benzene rings is 1. The Hall–Kier alpha value is -4.07. The van der Waals surface area contributed by atoms with E-state index in [1.807, 2.05) is 30.7 Å². The Balaban J connectivity index is 1.59. The summed E-state index contributed by atoms with van der Waals surface area (Å²) in [7, 11) is 0. The second-order valence-corrected chi connectivity index (χ2v) is 13.8. The van der Waals surface area contributed by atoms with E-state index in [2.05, 4.69) is 44.7 Å². The predicted molar refractivity (Wildman–Crippen MR) is 187 cm³/mol. The highest BCUT2D eigenvalue weighted by Crippen LogP contribution is 2.39. The highest BCUT2D eigenvalue weighted by atomic mass is 79.9. The van der Waals surface area contributed by atoms with Gasteiger partial charge in [-0.2, -0.15) is 0 Å². The predicted octanol–water partition coefficient (Wildman–Crippen LogP) is 6.46. The van der Waals surface area contributed by atoms with Gasteiger partial charge >= 0.3 is 0 Å². The van der Waals surface area contributed by atoms with Crippen molar-refractivity contribution in [3.8, 4) is 11.8 Å². The molecule has 0 radical (unpaired) electrons. The molecule has 9 nitrogen and oxygen atoms in total. The Morgan fingerprint density at radius 2 is 1.79 bits per heavy atom. The normalized spacial score (nSPS) is 14.4. The molecule has 47 heavy (non-hydrogen) atoms. The first-order valence-electron chi connectivity index (χ1n) is 15.5. The third-order valence-electron chi connectivity index (χ3n) is 8.89. The zero-order valence-electron chi connectivity index (χ0n) is 27.5. The summed E-state index contributed by atoms with van der Waals surface area (Å²) in [5, 5.41) is 1.18. The Morgan fingerprint density at radius 3 is 2.47 bits per heavy atom. The molecule has 2 aromatic heterocycles. The van der Waals surface area contributed by atoms with E-state index in [0.29, 0.717) is 56.1 Å². The van der Waals surface area contributed by atoms with Gasteiger partial charge in [0.25, 0.3) is 0 Å². The SMILES string of the molecule is CCC(CCn1ccc2c(Cl)ncnc21)CN(CC#Cc1ccc(Br)c(C(N)=O)c1)C(=O)CC(C)(C)C1=C(C)C(=O)C(C)=C(C)C1=O. The van der Waals surface area contributed by atoms with Gasteiger partial charge < -0.3 is 15.2 Å².